The first-order valence-corrected chi connectivity index (χ1v) is 12.1. The second-order valence-electron chi connectivity index (χ2n) is 9.53. The maximum absolute atomic E-state index is 13.4. The molecule has 0 bridgehead atoms. The van der Waals surface area contributed by atoms with Gasteiger partial charge in [-0.2, -0.15) is 0 Å². The molecule has 178 valence electrons. The van der Waals surface area contributed by atoms with Crippen LogP contribution in [0.4, 0.5) is 10.1 Å². The lowest BCUT2D eigenvalue weighted by Gasteiger charge is -2.38. The normalized spacial score (nSPS) is 20.5. The fourth-order valence-corrected chi connectivity index (χ4v) is 4.77. The minimum Gasteiger partial charge on any atom is -0.437 e. The molecule has 1 aromatic heterocycles. The third-order valence-electron chi connectivity index (χ3n) is 7.10. The molecule has 1 atom stereocenters. The molecule has 2 heterocycles. The van der Waals surface area contributed by atoms with Gasteiger partial charge in [-0.05, 0) is 57.0 Å². The van der Waals surface area contributed by atoms with Gasteiger partial charge in [0, 0.05) is 44.2 Å². The number of halogens is 1. The molecule has 2 fully saturated rings. The van der Waals surface area contributed by atoms with Crippen LogP contribution in [-0.4, -0.2) is 53.4 Å². The van der Waals surface area contributed by atoms with E-state index in [9.17, 15) is 9.18 Å². The molecule has 33 heavy (non-hydrogen) atoms. The van der Waals surface area contributed by atoms with Crippen LogP contribution in [0.15, 0.2) is 30.5 Å². The lowest BCUT2D eigenvalue weighted by molar-refractivity contribution is -0.120. The molecule has 0 spiro atoms. The minimum atomic E-state index is -0.414. The topological polar surface area (TPSA) is 57.7 Å². The van der Waals surface area contributed by atoms with Gasteiger partial charge in [-0.25, -0.2) is 9.37 Å². The number of anilines is 1. The van der Waals surface area contributed by atoms with E-state index in [0.29, 0.717) is 23.4 Å². The Labute approximate surface area is 196 Å². The van der Waals surface area contributed by atoms with Gasteiger partial charge in [0.2, 0.25) is 11.8 Å². The molecule has 1 saturated heterocycles. The molecule has 1 aliphatic heterocycles. The molecule has 1 N–H and O–H groups in total. The van der Waals surface area contributed by atoms with E-state index in [1.807, 2.05) is 13.0 Å². The fraction of sp³-hybridized carbons (Fsp3) is 0.538. The highest BCUT2D eigenvalue weighted by Crippen LogP contribution is 2.36. The Balaban J connectivity index is 1.58. The number of likely N-dealkylation sites (N-methyl/N-ethyl adjacent to an activating group) is 1. The highest BCUT2D eigenvalue weighted by atomic mass is 19.1. The molecule has 2 aliphatic rings. The van der Waals surface area contributed by atoms with Gasteiger partial charge in [-0.15, -0.1) is 0 Å². The summed E-state index contributed by atoms with van der Waals surface area (Å²) < 4.78 is 19.5. The number of ether oxygens (including phenoxy) is 1. The van der Waals surface area contributed by atoms with E-state index in [0.717, 1.165) is 69.2 Å². The monoisotopic (exact) mass is 454 g/mol. The predicted octanol–water partition coefficient (Wildman–Crippen LogP) is 4.98. The first-order chi connectivity index (χ1) is 15.9. The maximum Gasteiger partial charge on any atom is 0.227 e. The number of nitrogens with one attached hydrogen (secondary N) is 1. The zero-order chi connectivity index (χ0) is 23.4. The Hall–Kier alpha value is -2.51. The van der Waals surface area contributed by atoms with Crippen molar-refractivity contribution in [2.75, 3.05) is 32.0 Å². The molecule has 0 unspecified atom stereocenters. The fourth-order valence-electron chi connectivity index (χ4n) is 4.77. The zero-order valence-electron chi connectivity index (χ0n) is 19.9. The van der Waals surface area contributed by atoms with Crippen LogP contribution in [0.3, 0.4) is 0 Å². The largest absolute Gasteiger partial charge is 0.437 e. The van der Waals surface area contributed by atoms with Crippen LogP contribution in [0, 0.1) is 18.7 Å². The maximum atomic E-state index is 13.4. The van der Waals surface area contributed by atoms with Crippen molar-refractivity contribution >= 4 is 11.6 Å². The minimum absolute atomic E-state index is 0.0438. The molecule has 6 nitrogen and oxygen atoms in total. The second-order valence-corrected chi connectivity index (χ2v) is 9.53. The number of hydrogen-bond donors (Lipinski definition) is 1. The summed E-state index contributed by atoms with van der Waals surface area (Å²) in [6, 6.07) is 7.36. The van der Waals surface area contributed by atoms with E-state index in [4.69, 9.17) is 4.74 Å². The number of carbonyl (C=O) groups is 1. The third kappa shape index (κ3) is 5.89. The quantitative estimate of drug-likeness (QED) is 0.667. The van der Waals surface area contributed by atoms with E-state index in [-0.39, 0.29) is 11.8 Å². The molecule has 1 aliphatic carbocycles. The van der Waals surface area contributed by atoms with Crippen molar-refractivity contribution < 1.29 is 13.9 Å². The number of nitrogens with zero attached hydrogens (tertiary/aromatic N) is 3. The standard InChI is InChI=1S/C26H35FN4O2/c1-18-16-31(14-13-30(18)3)17-21-9-11-23(29-26(32)20-7-5-4-6-8-20)25(19(21)2)33-24-12-10-22(27)15-28-24/h9-12,15,18,20H,4-8,13-14,16-17H2,1-3H3,(H,29,32)/t18-/m0/s1. The van der Waals surface area contributed by atoms with E-state index in [1.165, 1.54) is 18.6 Å². The van der Waals surface area contributed by atoms with Crippen LogP contribution in [0.25, 0.3) is 0 Å². The van der Waals surface area contributed by atoms with E-state index >= 15 is 0 Å². The molecular weight excluding hydrogens is 419 g/mol. The molecular formula is C26H35FN4O2. The van der Waals surface area contributed by atoms with Crippen molar-refractivity contribution in [2.45, 2.75) is 58.5 Å². The highest BCUT2D eigenvalue weighted by Gasteiger charge is 2.25. The summed E-state index contributed by atoms with van der Waals surface area (Å²) in [5.74, 6) is 0.563. The SMILES string of the molecule is Cc1c(CN2CCN(C)[C@@H](C)C2)ccc(NC(=O)C2CCCCC2)c1Oc1ccc(F)cn1. The Morgan fingerprint density at radius 3 is 2.67 bits per heavy atom. The number of aromatic nitrogens is 1. The number of amides is 1. The van der Waals surface area contributed by atoms with Gasteiger partial charge in [-0.1, -0.05) is 25.3 Å². The van der Waals surface area contributed by atoms with Crippen LogP contribution in [0.1, 0.15) is 50.2 Å². The number of hydrogen-bond acceptors (Lipinski definition) is 5. The molecule has 1 amide bonds. The second kappa shape index (κ2) is 10.6. The summed E-state index contributed by atoms with van der Waals surface area (Å²) >= 11 is 0. The van der Waals surface area contributed by atoms with Crippen molar-refractivity contribution in [3.8, 4) is 11.6 Å². The lowest BCUT2D eigenvalue weighted by Crippen LogP contribution is -2.49. The molecule has 2 aromatic rings. The smallest absolute Gasteiger partial charge is 0.227 e. The molecule has 7 heteroatoms. The average Bonchev–Trinajstić information content (AvgIpc) is 2.82. The first-order valence-electron chi connectivity index (χ1n) is 12.1. The predicted molar refractivity (Wildman–Crippen MR) is 128 cm³/mol. The summed E-state index contributed by atoms with van der Waals surface area (Å²) in [5, 5.41) is 3.11. The van der Waals surface area contributed by atoms with Crippen molar-refractivity contribution in [1.29, 1.82) is 0 Å². The van der Waals surface area contributed by atoms with Crippen molar-refractivity contribution in [2.24, 2.45) is 5.92 Å². The molecule has 1 aromatic carbocycles. The van der Waals surface area contributed by atoms with Gasteiger partial charge >= 0.3 is 0 Å². The molecule has 4 rings (SSSR count). The van der Waals surface area contributed by atoms with Crippen molar-refractivity contribution in [1.82, 2.24) is 14.8 Å². The van der Waals surface area contributed by atoms with Crippen LogP contribution in [-0.2, 0) is 11.3 Å². The number of carbonyl (C=O) groups excluding carboxylic acids is 1. The van der Waals surface area contributed by atoms with Crippen LogP contribution in [0.5, 0.6) is 11.6 Å². The molecule has 1 saturated carbocycles. The van der Waals surface area contributed by atoms with Crippen molar-refractivity contribution in [3.05, 3.63) is 47.4 Å². The third-order valence-corrected chi connectivity index (χ3v) is 7.10. The average molecular weight is 455 g/mol. The number of pyridine rings is 1. The zero-order valence-corrected chi connectivity index (χ0v) is 19.9. The number of piperazine rings is 1. The van der Waals surface area contributed by atoms with Crippen LogP contribution >= 0.6 is 0 Å². The first kappa shape index (κ1) is 23.6. The van der Waals surface area contributed by atoms with Crippen LogP contribution < -0.4 is 10.1 Å². The van der Waals surface area contributed by atoms with Crippen molar-refractivity contribution in [3.63, 3.8) is 0 Å². The van der Waals surface area contributed by atoms with Gasteiger partial charge in [0.15, 0.2) is 5.75 Å². The van der Waals surface area contributed by atoms with Gasteiger partial charge in [0.25, 0.3) is 0 Å². The Bertz CT molecular complexity index is 960. The number of benzene rings is 1. The lowest BCUT2D eigenvalue weighted by atomic mass is 9.88. The Morgan fingerprint density at radius 2 is 1.97 bits per heavy atom. The highest BCUT2D eigenvalue weighted by molar-refractivity contribution is 5.94. The van der Waals surface area contributed by atoms with Crippen LogP contribution in [0.2, 0.25) is 0 Å². The summed E-state index contributed by atoms with van der Waals surface area (Å²) in [7, 11) is 2.17. The summed E-state index contributed by atoms with van der Waals surface area (Å²) in [5.41, 5.74) is 2.76. The summed E-state index contributed by atoms with van der Waals surface area (Å²) in [6.45, 7) is 8.14. The van der Waals surface area contributed by atoms with E-state index in [2.05, 4.69) is 40.1 Å². The van der Waals surface area contributed by atoms with E-state index in [1.54, 1.807) is 0 Å². The van der Waals surface area contributed by atoms with E-state index < -0.39 is 5.82 Å². The summed E-state index contributed by atoms with van der Waals surface area (Å²) in [4.78, 5) is 21.8. The van der Waals surface area contributed by atoms with Gasteiger partial charge in [0.1, 0.15) is 5.82 Å². The Morgan fingerprint density at radius 1 is 1.18 bits per heavy atom. The van der Waals surface area contributed by atoms with Gasteiger partial charge < -0.3 is 15.0 Å². The number of rotatable bonds is 6. The summed E-state index contributed by atoms with van der Waals surface area (Å²) in [6.07, 6.45) is 6.40. The molecule has 0 radical (unpaired) electrons. The van der Waals surface area contributed by atoms with Gasteiger partial charge in [-0.3, -0.25) is 9.69 Å². The Kier molecular flexibility index (Phi) is 7.60. The van der Waals surface area contributed by atoms with Gasteiger partial charge in [0.05, 0.1) is 11.9 Å².